The molecule has 1 heterocycles. The fourth-order valence-corrected chi connectivity index (χ4v) is 1.90. The van der Waals surface area contributed by atoms with Crippen molar-refractivity contribution in [2.75, 3.05) is 5.32 Å². The molecule has 0 fully saturated rings. The molecule has 0 amide bonds. The first-order chi connectivity index (χ1) is 9.55. The Kier molecular flexibility index (Phi) is 3.66. The van der Waals surface area contributed by atoms with Crippen molar-refractivity contribution in [3.05, 3.63) is 45.8 Å². The Hall–Kier alpha value is -2.88. The van der Waals surface area contributed by atoms with Gasteiger partial charge >= 0.3 is 0 Å². The Morgan fingerprint density at radius 2 is 2.25 bits per heavy atom. The summed E-state index contributed by atoms with van der Waals surface area (Å²) in [6.45, 7) is 1.96. The molecule has 20 heavy (non-hydrogen) atoms. The maximum atomic E-state index is 11.1. The van der Waals surface area contributed by atoms with Crippen LogP contribution in [0.15, 0.2) is 24.4 Å². The normalized spacial score (nSPS) is 10.1. The molecule has 7 heteroatoms. The van der Waals surface area contributed by atoms with Gasteiger partial charge in [0.25, 0.3) is 5.69 Å². The molecule has 1 N–H and O–H groups in total. The van der Waals surface area contributed by atoms with E-state index in [9.17, 15) is 10.1 Å². The van der Waals surface area contributed by atoms with Gasteiger partial charge in [-0.25, -0.2) is 0 Å². The molecule has 0 bridgehead atoms. The fraction of sp³-hybridized carbons (Fsp3) is 0.231. The van der Waals surface area contributed by atoms with Crippen molar-refractivity contribution in [1.29, 1.82) is 5.26 Å². The second kappa shape index (κ2) is 5.40. The van der Waals surface area contributed by atoms with Crippen LogP contribution < -0.4 is 5.32 Å². The number of aryl methyl sites for hydroxylation is 2. The highest BCUT2D eigenvalue weighted by atomic mass is 16.6. The molecule has 7 nitrogen and oxygen atoms in total. The topological polar surface area (TPSA) is 96.8 Å². The van der Waals surface area contributed by atoms with Gasteiger partial charge in [-0.1, -0.05) is 6.92 Å². The van der Waals surface area contributed by atoms with Crippen LogP contribution in [0, 0.1) is 21.4 Å². The Balaban J connectivity index is 2.43. The van der Waals surface area contributed by atoms with E-state index in [0.29, 0.717) is 12.1 Å². The Labute approximate surface area is 115 Å². The SMILES string of the molecule is CCc1nn(C)cc1Nc1ccc(C#N)cc1[N+](=O)[O-]. The van der Waals surface area contributed by atoms with Crippen LogP contribution in [0.4, 0.5) is 17.1 Å². The highest BCUT2D eigenvalue weighted by Crippen LogP contribution is 2.29. The molecule has 0 aliphatic carbocycles. The molecule has 0 saturated heterocycles. The molecule has 1 aromatic carbocycles. The summed E-state index contributed by atoms with van der Waals surface area (Å²) in [6.07, 6.45) is 2.48. The lowest BCUT2D eigenvalue weighted by atomic mass is 10.2. The number of nitro benzene ring substituents is 1. The highest BCUT2D eigenvalue weighted by molar-refractivity contribution is 5.71. The molecule has 0 aliphatic rings. The van der Waals surface area contributed by atoms with Crippen LogP contribution in [0.2, 0.25) is 0 Å². The molecule has 0 saturated carbocycles. The minimum atomic E-state index is -0.509. The molecule has 0 aliphatic heterocycles. The van der Waals surface area contributed by atoms with Crippen LogP contribution in [0.25, 0.3) is 0 Å². The number of hydrogen-bond donors (Lipinski definition) is 1. The second-order valence-electron chi connectivity index (χ2n) is 4.24. The predicted octanol–water partition coefficient (Wildman–Crippen LogP) is 2.51. The van der Waals surface area contributed by atoms with Gasteiger partial charge in [0, 0.05) is 19.3 Å². The average molecular weight is 271 g/mol. The standard InChI is InChI=1S/C13H13N5O2/c1-3-10-12(8-17(2)16-10)15-11-5-4-9(7-14)6-13(11)18(19)20/h4-6,8,15H,3H2,1-2H3. The van der Waals surface area contributed by atoms with Crippen molar-refractivity contribution >= 4 is 17.1 Å². The number of nitriles is 1. The van der Waals surface area contributed by atoms with Gasteiger partial charge in [-0.3, -0.25) is 14.8 Å². The van der Waals surface area contributed by atoms with E-state index in [1.807, 2.05) is 13.0 Å². The van der Waals surface area contributed by atoms with Crippen LogP contribution >= 0.6 is 0 Å². The summed E-state index contributed by atoms with van der Waals surface area (Å²) in [4.78, 5) is 10.6. The van der Waals surface area contributed by atoms with Crippen LogP contribution in [0.1, 0.15) is 18.2 Å². The maximum Gasteiger partial charge on any atom is 0.293 e. The summed E-state index contributed by atoms with van der Waals surface area (Å²) >= 11 is 0. The molecule has 0 spiro atoms. The second-order valence-corrected chi connectivity index (χ2v) is 4.24. The lowest BCUT2D eigenvalue weighted by Crippen LogP contribution is -1.98. The summed E-state index contributed by atoms with van der Waals surface area (Å²) in [7, 11) is 1.79. The van der Waals surface area contributed by atoms with Gasteiger partial charge in [-0.05, 0) is 18.6 Å². The first-order valence-electron chi connectivity index (χ1n) is 6.03. The van der Waals surface area contributed by atoms with Crippen molar-refractivity contribution in [2.45, 2.75) is 13.3 Å². The summed E-state index contributed by atoms with van der Waals surface area (Å²) < 4.78 is 1.65. The highest BCUT2D eigenvalue weighted by Gasteiger charge is 2.16. The molecule has 2 rings (SSSR count). The van der Waals surface area contributed by atoms with E-state index in [1.54, 1.807) is 17.9 Å². The van der Waals surface area contributed by atoms with E-state index in [-0.39, 0.29) is 11.3 Å². The first kappa shape index (κ1) is 13.5. The van der Waals surface area contributed by atoms with Crippen molar-refractivity contribution in [3.63, 3.8) is 0 Å². The third-order valence-corrected chi connectivity index (χ3v) is 2.83. The zero-order valence-corrected chi connectivity index (χ0v) is 11.1. The van der Waals surface area contributed by atoms with Crippen LogP contribution in [-0.2, 0) is 13.5 Å². The minimum absolute atomic E-state index is 0.130. The van der Waals surface area contributed by atoms with E-state index in [4.69, 9.17) is 5.26 Å². The lowest BCUT2D eigenvalue weighted by Gasteiger charge is -2.06. The van der Waals surface area contributed by atoms with E-state index < -0.39 is 4.92 Å². The van der Waals surface area contributed by atoms with Crippen LogP contribution in [0.3, 0.4) is 0 Å². The number of nitrogens with one attached hydrogen (secondary N) is 1. The van der Waals surface area contributed by atoms with Gasteiger partial charge in [0.1, 0.15) is 5.69 Å². The zero-order valence-electron chi connectivity index (χ0n) is 11.1. The van der Waals surface area contributed by atoms with Crippen molar-refractivity contribution < 1.29 is 4.92 Å². The third-order valence-electron chi connectivity index (χ3n) is 2.83. The van der Waals surface area contributed by atoms with Crippen LogP contribution in [-0.4, -0.2) is 14.7 Å². The Bertz CT molecular complexity index is 699. The van der Waals surface area contributed by atoms with Crippen LogP contribution in [0.5, 0.6) is 0 Å². The van der Waals surface area contributed by atoms with Crippen molar-refractivity contribution in [2.24, 2.45) is 7.05 Å². The van der Waals surface area contributed by atoms with E-state index >= 15 is 0 Å². The lowest BCUT2D eigenvalue weighted by molar-refractivity contribution is -0.383. The summed E-state index contributed by atoms with van der Waals surface area (Å²) in [6, 6.07) is 6.22. The smallest absolute Gasteiger partial charge is 0.293 e. The van der Waals surface area contributed by atoms with Gasteiger partial charge in [0.2, 0.25) is 0 Å². The van der Waals surface area contributed by atoms with Gasteiger partial charge in [-0.15, -0.1) is 0 Å². The fourth-order valence-electron chi connectivity index (χ4n) is 1.90. The first-order valence-corrected chi connectivity index (χ1v) is 6.03. The summed E-state index contributed by atoms with van der Waals surface area (Å²) in [5, 5.41) is 27.2. The van der Waals surface area contributed by atoms with Crippen molar-refractivity contribution in [1.82, 2.24) is 9.78 Å². The molecule has 2 aromatic rings. The number of nitrogens with zero attached hydrogens (tertiary/aromatic N) is 4. The number of hydrogen-bond acceptors (Lipinski definition) is 5. The van der Waals surface area contributed by atoms with Gasteiger partial charge in [0.05, 0.1) is 27.9 Å². The molecule has 0 unspecified atom stereocenters. The average Bonchev–Trinajstić information content (AvgIpc) is 2.79. The van der Waals surface area contributed by atoms with Gasteiger partial charge in [0.15, 0.2) is 0 Å². The quantitative estimate of drug-likeness (QED) is 0.680. The van der Waals surface area contributed by atoms with Crippen molar-refractivity contribution in [3.8, 4) is 6.07 Å². The maximum absolute atomic E-state index is 11.1. The number of rotatable bonds is 4. The minimum Gasteiger partial charge on any atom is -0.347 e. The van der Waals surface area contributed by atoms with Gasteiger partial charge < -0.3 is 5.32 Å². The predicted molar refractivity (Wildman–Crippen MR) is 73.7 cm³/mol. The van der Waals surface area contributed by atoms with E-state index in [1.165, 1.54) is 18.2 Å². The zero-order chi connectivity index (χ0) is 14.7. The summed E-state index contributed by atoms with van der Waals surface area (Å²) in [5.41, 5.74) is 2.02. The molecular weight excluding hydrogens is 258 g/mol. The number of aromatic nitrogens is 2. The number of nitro groups is 1. The van der Waals surface area contributed by atoms with Gasteiger partial charge in [-0.2, -0.15) is 10.4 Å². The molecule has 0 radical (unpaired) electrons. The molecule has 1 aromatic heterocycles. The monoisotopic (exact) mass is 271 g/mol. The molecule has 0 atom stereocenters. The Morgan fingerprint density at radius 1 is 1.50 bits per heavy atom. The van der Waals surface area contributed by atoms with E-state index in [2.05, 4.69) is 10.4 Å². The molecule has 102 valence electrons. The van der Waals surface area contributed by atoms with E-state index in [0.717, 1.165) is 11.4 Å². The third kappa shape index (κ3) is 2.59. The number of benzene rings is 1. The Morgan fingerprint density at radius 3 is 2.85 bits per heavy atom. The molecular formula is C13H13N5O2. The summed E-state index contributed by atoms with van der Waals surface area (Å²) in [5.74, 6) is 0. The number of anilines is 2. The largest absolute Gasteiger partial charge is 0.347 e.